The lowest BCUT2D eigenvalue weighted by Gasteiger charge is -2.47. The molecule has 2 aromatic carbocycles. The number of para-hydroxylation sites is 1. The normalized spacial score (nSPS) is 32.2. The predicted octanol–water partition coefficient (Wildman–Crippen LogP) is 1.77. The molecule has 7 nitrogen and oxygen atoms in total. The van der Waals surface area contributed by atoms with Crippen LogP contribution in [-0.2, 0) is 19.0 Å². The van der Waals surface area contributed by atoms with Gasteiger partial charge in [-0.1, -0.05) is 48.5 Å². The van der Waals surface area contributed by atoms with Crippen molar-refractivity contribution in [3.05, 3.63) is 66.2 Å². The zero-order valence-corrected chi connectivity index (χ0v) is 15.4. The largest absolute Gasteiger partial charge is 0.463 e. The molecule has 2 aliphatic heterocycles. The van der Waals surface area contributed by atoms with E-state index in [0.29, 0.717) is 5.75 Å². The second kappa shape index (κ2) is 8.28. The average molecular weight is 385 g/mol. The highest BCUT2D eigenvalue weighted by Crippen LogP contribution is 2.34. The highest BCUT2D eigenvalue weighted by atomic mass is 16.7. The minimum atomic E-state index is -1.02. The number of benzene rings is 2. The van der Waals surface area contributed by atoms with Crippen molar-refractivity contribution < 1.29 is 28.8 Å². The van der Waals surface area contributed by atoms with Gasteiger partial charge in [-0.3, -0.25) is 4.79 Å². The van der Waals surface area contributed by atoms with Crippen LogP contribution in [0, 0.1) is 0 Å². The second-order valence-electron chi connectivity index (χ2n) is 6.87. The Morgan fingerprint density at radius 3 is 2.43 bits per heavy atom. The summed E-state index contributed by atoms with van der Waals surface area (Å²) < 4.78 is 23.7. The molecule has 7 heteroatoms. The SMILES string of the molecule is CC(=O)N[C@H]1[C@H](Oc2ccccc2)O[C@@H]2COC(c3ccccc3)O[C@H]2[C@@H]1O. The molecule has 2 aliphatic rings. The number of ether oxygens (including phenoxy) is 4. The van der Waals surface area contributed by atoms with Gasteiger partial charge in [-0.25, -0.2) is 0 Å². The van der Waals surface area contributed by atoms with E-state index in [4.69, 9.17) is 18.9 Å². The van der Waals surface area contributed by atoms with Gasteiger partial charge in [0.2, 0.25) is 12.2 Å². The highest BCUT2D eigenvalue weighted by Gasteiger charge is 2.50. The van der Waals surface area contributed by atoms with E-state index in [1.807, 2.05) is 48.5 Å². The fourth-order valence-electron chi connectivity index (χ4n) is 3.49. The fourth-order valence-corrected chi connectivity index (χ4v) is 3.49. The van der Waals surface area contributed by atoms with Crippen molar-refractivity contribution in [2.45, 2.75) is 43.9 Å². The van der Waals surface area contributed by atoms with Crippen LogP contribution in [0.1, 0.15) is 18.8 Å². The standard InChI is InChI=1S/C21H23NO6/c1-13(23)22-17-18(24)19-16(27-21(17)26-15-10-6-3-7-11-15)12-25-20(28-19)14-8-4-2-5-9-14/h2-11,16-21,24H,12H2,1H3,(H,22,23)/t16-,17-,18-,19-,20?,21-/m1/s1. The molecule has 0 aromatic heterocycles. The smallest absolute Gasteiger partial charge is 0.223 e. The number of rotatable bonds is 4. The van der Waals surface area contributed by atoms with E-state index in [1.165, 1.54) is 6.92 Å². The summed E-state index contributed by atoms with van der Waals surface area (Å²) in [6.45, 7) is 1.62. The topological polar surface area (TPSA) is 86.3 Å². The first-order valence-electron chi connectivity index (χ1n) is 9.26. The lowest BCUT2D eigenvalue weighted by atomic mass is 9.95. The Labute approximate surface area is 163 Å². The lowest BCUT2D eigenvalue weighted by Crippen LogP contribution is -2.67. The number of aliphatic hydroxyl groups is 1. The molecule has 2 saturated heterocycles. The van der Waals surface area contributed by atoms with Crippen LogP contribution < -0.4 is 10.1 Å². The van der Waals surface area contributed by atoms with Gasteiger partial charge in [0.15, 0.2) is 6.29 Å². The van der Waals surface area contributed by atoms with E-state index in [1.54, 1.807) is 12.1 Å². The predicted molar refractivity (Wildman–Crippen MR) is 99.4 cm³/mol. The summed E-state index contributed by atoms with van der Waals surface area (Å²) in [5, 5.41) is 13.7. The maximum absolute atomic E-state index is 11.7. The quantitative estimate of drug-likeness (QED) is 0.834. The monoisotopic (exact) mass is 385 g/mol. The number of carbonyl (C=O) groups is 1. The number of fused-ring (bicyclic) bond motifs is 1. The van der Waals surface area contributed by atoms with Crippen molar-refractivity contribution in [3.8, 4) is 5.75 Å². The molecule has 0 spiro atoms. The molecule has 0 saturated carbocycles. The van der Waals surface area contributed by atoms with E-state index in [2.05, 4.69) is 5.32 Å². The van der Waals surface area contributed by atoms with Gasteiger partial charge in [-0.05, 0) is 12.1 Å². The Bertz CT molecular complexity index is 786. The summed E-state index contributed by atoms with van der Waals surface area (Å²) in [7, 11) is 0. The molecule has 1 unspecified atom stereocenters. The molecule has 2 aromatic rings. The molecule has 0 radical (unpaired) electrons. The van der Waals surface area contributed by atoms with Gasteiger partial charge >= 0.3 is 0 Å². The van der Waals surface area contributed by atoms with Crippen molar-refractivity contribution in [1.29, 1.82) is 0 Å². The first-order chi connectivity index (χ1) is 13.6. The van der Waals surface area contributed by atoms with E-state index in [9.17, 15) is 9.90 Å². The van der Waals surface area contributed by atoms with Gasteiger partial charge in [0.05, 0.1) is 6.61 Å². The maximum Gasteiger partial charge on any atom is 0.223 e. The summed E-state index contributed by atoms with van der Waals surface area (Å²) in [5.74, 6) is 0.285. The van der Waals surface area contributed by atoms with Gasteiger partial charge in [0.25, 0.3) is 0 Å². The Hall–Kier alpha value is -2.45. The van der Waals surface area contributed by atoms with E-state index in [-0.39, 0.29) is 12.5 Å². The third kappa shape index (κ3) is 4.02. The van der Waals surface area contributed by atoms with Gasteiger partial charge in [-0.15, -0.1) is 0 Å². The fraction of sp³-hybridized carbons (Fsp3) is 0.381. The van der Waals surface area contributed by atoms with Gasteiger partial charge in [0.1, 0.15) is 30.1 Å². The molecule has 148 valence electrons. The van der Waals surface area contributed by atoms with Crippen molar-refractivity contribution in [1.82, 2.24) is 5.32 Å². The summed E-state index contributed by atoms with van der Waals surface area (Å²) >= 11 is 0. The van der Waals surface area contributed by atoms with Crippen LogP contribution in [0.5, 0.6) is 5.75 Å². The second-order valence-corrected chi connectivity index (χ2v) is 6.87. The number of nitrogens with one attached hydrogen (secondary N) is 1. The summed E-state index contributed by atoms with van der Waals surface area (Å²) in [6.07, 6.45) is -3.68. The molecule has 0 bridgehead atoms. The summed E-state index contributed by atoms with van der Waals surface area (Å²) in [5.41, 5.74) is 0.854. The van der Waals surface area contributed by atoms with Crippen LogP contribution in [0.2, 0.25) is 0 Å². The molecule has 2 fully saturated rings. The zero-order chi connectivity index (χ0) is 19.5. The summed E-state index contributed by atoms with van der Waals surface area (Å²) in [6, 6.07) is 17.8. The van der Waals surface area contributed by atoms with Crippen LogP contribution >= 0.6 is 0 Å². The lowest BCUT2D eigenvalue weighted by molar-refractivity contribution is -0.333. The van der Waals surface area contributed by atoms with Crippen molar-refractivity contribution in [2.75, 3.05) is 6.61 Å². The minimum Gasteiger partial charge on any atom is -0.463 e. The van der Waals surface area contributed by atoms with Crippen LogP contribution in [0.4, 0.5) is 0 Å². The molecule has 4 rings (SSSR count). The molecule has 28 heavy (non-hydrogen) atoms. The first-order valence-corrected chi connectivity index (χ1v) is 9.26. The van der Waals surface area contributed by atoms with Gasteiger partial charge in [0, 0.05) is 12.5 Å². The number of aliphatic hydroxyl groups excluding tert-OH is 1. The third-order valence-corrected chi connectivity index (χ3v) is 4.80. The van der Waals surface area contributed by atoms with Crippen LogP contribution in [0.15, 0.2) is 60.7 Å². The number of amides is 1. The number of hydrogen-bond donors (Lipinski definition) is 2. The van der Waals surface area contributed by atoms with Gasteiger partial charge < -0.3 is 29.4 Å². The number of carbonyl (C=O) groups excluding carboxylic acids is 1. The molecule has 6 atom stereocenters. The van der Waals surface area contributed by atoms with E-state index < -0.39 is 36.9 Å². The van der Waals surface area contributed by atoms with Crippen molar-refractivity contribution >= 4 is 5.91 Å². The Morgan fingerprint density at radius 1 is 1.07 bits per heavy atom. The average Bonchev–Trinajstić information content (AvgIpc) is 2.72. The molecule has 2 heterocycles. The summed E-state index contributed by atoms with van der Waals surface area (Å²) in [4.78, 5) is 11.7. The maximum atomic E-state index is 11.7. The van der Waals surface area contributed by atoms with Crippen molar-refractivity contribution in [3.63, 3.8) is 0 Å². The van der Waals surface area contributed by atoms with Crippen LogP contribution in [0.25, 0.3) is 0 Å². The Balaban J connectivity index is 1.53. The molecule has 1 amide bonds. The van der Waals surface area contributed by atoms with Gasteiger partial charge in [-0.2, -0.15) is 0 Å². The minimum absolute atomic E-state index is 0.239. The zero-order valence-electron chi connectivity index (χ0n) is 15.4. The Morgan fingerprint density at radius 2 is 1.75 bits per heavy atom. The molecule has 2 N–H and O–H groups in total. The third-order valence-electron chi connectivity index (χ3n) is 4.80. The molecular weight excluding hydrogens is 362 g/mol. The highest BCUT2D eigenvalue weighted by molar-refractivity contribution is 5.73. The van der Waals surface area contributed by atoms with Crippen molar-refractivity contribution in [2.24, 2.45) is 0 Å². The number of hydrogen-bond acceptors (Lipinski definition) is 6. The van der Waals surface area contributed by atoms with E-state index >= 15 is 0 Å². The van der Waals surface area contributed by atoms with E-state index in [0.717, 1.165) is 5.56 Å². The Kier molecular flexibility index (Phi) is 5.59. The first kappa shape index (κ1) is 18.9. The molecular formula is C21H23NO6. The van der Waals surface area contributed by atoms with Crippen LogP contribution in [-0.4, -0.2) is 48.3 Å². The molecule has 0 aliphatic carbocycles. The van der Waals surface area contributed by atoms with Crippen LogP contribution in [0.3, 0.4) is 0 Å².